The highest BCUT2D eigenvalue weighted by molar-refractivity contribution is 5.77. The molecule has 0 fully saturated rings. The molecular weight excluding hydrogens is 342 g/mol. The van der Waals surface area contributed by atoms with Crippen LogP contribution in [0.1, 0.15) is 24.6 Å². The predicted octanol–water partition coefficient (Wildman–Crippen LogP) is 2.41. The van der Waals surface area contributed by atoms with Gasteiger partial charge >= 0.3 is 0 Å². The summed E-state index contributed by atoms with van der Waals surface area (Å²) in [4.78, 5) is 19.8. The summed E-state index contributed by atoms with van der Waals surface area (Å²) in [7, 11) is 1.77. The second kappa shape index (κ2) is 7.06. The van der Waals surface area contributed by atoms with E-state index >= 15 is 0 Å². The van der Waals surface area contributed by atoms with E-state index in [-0.39, 0.29) is 5.56 Å². The van der Waals surface area contributed by atoms with Crippen LogP contribution in [-0.2, 0) is 20.0 Å². The van der Waals surface area contributed by atoms with Gasteiger partial charge in [-0.2, -0.15) is 10.2 Å². The van der Waals surface area contributed by atoms with Gasteiger partial charge in [0, 0.05) is 26.0 Å². The van der Waals surface area contributed by atoms with Gasteiger partial charge in [0.15, 0.2) is 5.52 Å². The zero-order chi connectivity index (χ0) is 18.8. The van der Waals surface area contributed by atoms with Crippen molar-refractivity contribution < 1.29 is 0 Å². The maximum absolute atomic E-state index is 12.5. The lowest BCUT2D eigenvalue weighted by atomic mass is 10.2. The van der Waals surface area contributed by atoms with Crippen molar-refractivity contribution in [1.82, 2.24) is 29.5 Å². The Bertz CT molecular complexity index is 1120. The lowest BCUT2D eigenvalue weighted by molar-refractivity contribution is 0.751. The van der Waals surface area contributed by atoms with E-state index in [4.69, 9.17) is 0 Å². The van der Waals surface area contributed by atoms with Crippen LogP contribution in [-0.4, -0.2) is 29.5 Å². The van der Waals surface area contributed by atoms with E-state index in [1.807, 2.05) is 41.2 Å². The van der Waals surface area contributed by atoms with Crippen LogP contribution in [0.4, 0.5) is 5.95 Å². The van der Waals surface area contributed by atoms with E-state index in [1.165, 1.54) is 0 Å². The molecule has 4 rings (SSSR count). The first kappa shape index (κ1) is 17.0. The molecule has 0 aliphatic rings. The summed E-state index contributed by atoms with van der Waals surface area (Å²) in [6.45, 7) is 2.62. The summed E-state index contributed by atoms with van der Waals surface area (Å²) < 4.78 is 3.41. The van der Waals surface area contributed by atoms with Crippen LogP contribution in [0.3, 0.4) is 0 Å². The Morgan fingerprint density at radius 3 is 2.93 bits per heavy atom. The third kappa shape index (κ3) is 3.33. The summed E-state index contributed by atoms with van der Waals surface area (Å²) in [6, 6.07) is 9.92. The number of hydrogen-bond donors (Lipinski definition) is 2. The van der Waals surface area contributed by atoms with Crippen molar-refractivity contribution in [3.8, 4) is 5.69 Å². The number of H-pyrrole nitrogens is 1. The summed E-state index contributed by atoms with van der Waals surface area (Å²) in [5.41, 5.74) is 3.87. The van der Waals surface area contributed by atoms with Crippen molar-refractivity contribution in [3.05, 3.63) is 64.3 Å². The van der Waals surface area contributed by atoms with E-state index in [1.54, 1.807) is 17.9 Å². The van der Waals surface area contributed by atoms with Crippen LogP contribution in [0.15, 0.2) is 47.5 Å². The highest BCUT2D eigenvalue weighted by atomic mass is 16.1. The second-order valence-corrected chi connectivity index (χ2v) is 6.41. The van der Waals surface area contributed by atoms with Gasteiger partial charge in [0.2, 0.25) is 5.95 Å². The average Bonchev–Trinajstić information content (AvgIpc) is 3.30. The third-order valence-corrected chi connectivity index (χ3v) is 4.39. The number of fused-ring (bicyclic) bond motifs is 1. The van der Waals surface area contributed by atoms with Gasteiger partial charge in [-0.15, -0.1) is 0 Å². The summed E-state index contributed by atoms with van der Waals surface area (Å²) in [5.74, 6) is 0.447. The second-order valence-electron chi connectivity index (χ2n) is 6.41. The Morgan fingerprint density at radius 2 is 2.15 bits per heavy atom. The van der Waals surface area contributed by atoms with E-state index in [0.717, 1.165) is 29.8 Å². The van der Waals surface area contributed by atoms with Crippen LogP contribution in [0.2, 0.25) is 0 Å². The minimum atomic E-state index is -0.190. The van der Waals surface area contributed by atoms with Crippen LogP contribution < -0.4 is 10.9 Å². The maximum Gasteiger partial charge on any atom is 0.278 e. The summed E-state index contributed by atoms with van der Waals surface area (Å²) in [5, 5.41) is 11.9. The van der Waals surface area contributed by atoms with E-state index in [0.29, 0.717) is 23.5 Å². The van der Waals surface area contributed by atoms with Gasteiger partial charge in [-0.05, 0) is 30.2 Å². The molecule has 0 aliphatic heterocycles. The highest BCUT2D eigenvalue weighted by Crippen LogP contribution is 2.16. The monoisotopic (exact) mass is 363 g/mol. The molecule has 3 aromatic heterocycles. The van der Waals surface area contributed by atoms with Gasteiger partial charge in [0.05, 0.1) is 11.4 Å². The summed E-state index contributed by atoms with van der Waals surface area (Å²) >= 11 is 0. The molecule has 0 spiro atoms. The largest absolute Gasteiger partial charge is 0.352 e. The number of benzene rings is 1. The lowest BCUT2D eigenvalue weighted by Gasteiger charge is -2.08. The molecule has 1 aromatic carbocycles. The Hall–Kier alpha value is -3.42. The first-order valence-electron chi connectivity index (χ1n) is 8.94. The number of aromatic amines is 1. The number of rotatable bonds is 6. The lowest BCUT2D eigenvalue weighted by Crippen LogP contribution is -2.15. The zero-order valence-corrected chi connectivity index (χ0v) is 15.3. The first-order valence-corrected chi connectivity index (χ1v) is 8.94. The van der Waals surface area contributed by atoms with Crippen molar-refractivity contribution in [2.45, 2.75) is 26.3 Å². The number of nitrogens with one attached hydrogen (secondary N) is 2. The van der Waals surface area contributed by atoms with Gasteiger partial charge in [-0.1, -0.05) is 25.5 Å². The molecule has 27 heavy (non-hydrogen) atoms. The van der Waals surface area contributed by atoms with Gasteiger partial charge in [0.1, 0.15) is 5.52 Å². The fourth-order valence-electron chi connectivity index (χ4n) is 3.15. The Balaban J connectivity index is 1.60. The van der Waals surface area contributed by atoms with Crippen molar-refractivity contribution in [2.75, 3.05) is 5.32 Å². The predicted molar refractivity (Wildman–Crippen MR) is 104 cm³/mol. The molecule has 0 saturated heterocycles. The van der Waals surface area contributed by atoms with E-state index in [2.05, 4.69) is 32.4 Å². The smallest absolute Gasteiger partial charge is 0.278 e. The number of aryl methyl sites for hydroxylation is 2. The van der Waals surface area contributed by atoms with Crippen molar-refractivity contribution >= 4 is 17.0 Å². The Morgan fingerprint density at radius 1 is 1.26 bits per heavy atom. The van der Waals surface area contributed by atoms with Crippen LogP contribution >= 0.6 is 0 Å². The molecule has 0 unspecified atom stereocenters. The first-order chi connectivity index (χ1) is 13.2. The average molecular weight is 363 g/mol. The van der Waals surface area contributed by atoms with Gasteiger partial charge in [0.25, 0.3) is 5.56 Å². The van der Waals surface area contributed by atoms with Crippen LogP contribution in [0.5, 0.6) is 0 Å². The standard InChI is InChI=1S/C19H21N7O/c1-3-6-15-16-17(25(2)24-15)18(27)23-19(22-16)20-12-13-7-4-8-14(11-13)26-10-5-9-21-26/h4-5,7-11H,3,6,12H2,1-2H3,(H2,20,22,23,27). The third-order valence-electron chi connectivity index (χ3n) is 4.39. The van der Waals surface area contributed by atoms with E-state index < -0.39 is 0 Å². The number of aromatic nitrogens is 6. The fourth-order valence-corrected chi connectivity index (χ4v) is 3.15. The molecule has 2 N–H and O–H groups in total. The molecule has 0 saturated carbocycles. The summed E-state index contributed by atoms with van der Waals surface area (Å²) in [6.07, 6.45) is 5.39. The zero-order valence-electron chi connectivity index (χ0n) is 15.3. The van der Waals surface area contributed by atoms with E-state index in [9.17, 15) is 4.79 Å². The molecule has 0 aliphatic carbocycles. The molecule has 0 atom stereocenters. The quantitative estimate of drug-likeness (QED) is 0.549. The molecular formula is C19H21N7O. The van der Waals surface area contributed by atoms with Crippen molar-refractivity contribution in [3.63, 3.8) is 0 Å². The molecule has 8 nitrogen and oxygen atoms in total. The molecule has 0 amide bonds. The molecule has 4 aromatic rings. The number of anilines is 1. The van der Waals surface area contributed by atoms with Crippen molar-refractivity contribution in [1.29, 1.82) is 0 Å². The van der Waals surface area contributed by atoms with Crippen LogP contribution in [0, 0.1) is 0 Å². The topological polar surface area (TPSA) is 93.4 Å². The number of nitrogens with zero attached hydrogens (tertiary/aromatic N) is 5. The normalized spacial score (nSPS) is 11.2. The Kier molecular flexibility index (Phi) is 4.45. The molecule has 8 heteroatoms. The molecule has 3 heterocycles. The fraction of sp³-hybridized carbons (Fsp3) is 0.263. The van der Waals surface area contributed by atoms with Crippen LogP contribution in [0.25, 0.3) is 16.7 Å². The minimum Gasteiger partial charge on any atom is -0.352 e. The number of hydrogen-bond acceptors (Lipinski definition) is 5. The maximum atomic E-state index is 12.5. The highest BCUT2D eigenvalue weighted by Gasteiger charge is 2.14. The molecule has 0 radical (unpaired) electrons. The van der Waals surface area contributed by atoms with Gasteiger partial charge < -0.3 is 5.32 Å². The Labute approximate surface area is 155 Å². The van der Waals surface area contributed by atoms with Gasteiger partial charge in [-0.3, -0.25) is 14.5 Å². The SMILES string of the molecule is CCCc1nn(C)c2c(=O)[nH]c(NCc3cccc(-n4cccn4)c3)nc12. The molecule has 138 valence electrons. The molecule has 0 bridgehead atoms. The van der Waals surface area contributed by atoms with Crippen molar-refractivity contribution in [2.24, 2.45) is 7.05 Å². The van der Waals surface area contributed by atoms with Gasteiger partial charge in [-0.25, -0.2) is 9.67 Å². The minimum absolute atomic E-state index is 0.190.